The molecule has 0 spiro atoms. The monoisotopic (exact) mass is 467 g/mol. The second-order valence-electron chi connectivity index (χ2n) is 7.91. The Bertz CT molecular complexity index is 1170. The topological polar surface area (TPSA) is 37.4 Å². The summed E-state index contributed by atoms with van der Waals surface area (Å²) >= 11 is 8.10. The van der Waals surface area contributed by atoms with Gasteiger partial charge in [0.2, 0.25) is 0 Å². The maximum absolute atomic E-state index is 6.30. The van der Waals surface area contributed by atoms with Crippen LogP contribution in [-0.2, 0) is 0 Å². The van der Waals surface area contributed by atoms with Crippen molar-refractivity contribution in [2.24, 2.45) is 0 Å². The molecular weight excluding hydrogens is 438 g/mol. The van der Waals surface area contributed by atoms with Crippen molar-refractivity contribution in [2.75, 3.05) is 32.1 Å². The fourth-order valence-electron chi connectivity index (χ4n) is 4.19. The van der Waals surface area contributed by atoms with Gasteiger partial charge in [-0.2, -0.15) is 0 Å². The summed E-state index contributed by atoms with van der Waals surface area (Å²) in [5, 5.41) is 8.88. The van der Waals surface area contributed by atoms with Gasteiger partial charge in [-0.1, -0.05) is 31.5 Å². The fraction of sp³-hybridized carbons (Fsp3) is 0.346. The Hall–Kier alpha value is -2.34. The first kappa shape index (κ1) is 22.8. The fourth-order valence-corrected chi connectivity index (χ4v) is 5.17. The molecule has 2 aromatic heterocycles. The van der Waals surface area contributed by atoms with Crippen LogP contribution in [0.3, 0.4) is 0 Å². The normalized spacial score (nSPS) is 12.5. The van der Waals surface area contributed by atoms with Crippen molar-refractivity contribution < 1.29 is 4.74 Å². The van der Waals surface area contributed by atoms with Gasteiger partial charge in [0.05, 0.1) is 29.9 Å². The summed E-state index contributed by atoms with van der Waals surface area (Å²) in [5.41, 5.74) is 2.91. The van der Waals surface area contributed by atoms with Crippen molar-refractivity contribution in [3.05, 3.63) is 63.8 Å². The molecular formula is C26H30ClN3OS. The lowest BCUT2D eigenvalue weighted by Gasteiger charge is -2.24. The maximum Gasteiger partial charge on any atom is 0.119 e. The van der Waals surface area contributed by atoms with Crippen LogP contribution < -0.4 is 10.1 Å². The minimum atomic E-state index is 0.223. The van der Waals surface area contributed by atoms with Crippen LogP contribution in [0.1, 0.15) is 37.6 Å². The molecule has 1 atom stereocenters. The Kier molecular flexibility index (Phi) is 7.51. The molecule has 168 valence electrons. The van der Waals surface area contributed by atoms with Crippen molar-refractivity contribution in [3.63, 3.8) is 0 Å². The Morgan fingerprint density at radius 3 is 2.62 bits per heavy atom. The molecule has 0 fully saturated rings. The number of aromatic nitrogens is 1. The summed E-state index contributed by atoms with van der Waals surface area (Å²) in [4.78, 5) is 8.70. The van der Waals surface area contributed by atoms with E-state index >= 15 is 0 Å². The second-order valence-corrected chi connectivity index (χ2v) is 9.33. The molecule has 6 heteroatoms. The highest BCUT2D eigenvalue weighted by atomic mass is 35.5. The first-order valence-electron chi connectivity index (χ1n) is 11.2. The third-order valence-corrected chi connectivity index (χ3v) is 7.23. The summed E-state index contributed by atoms with van der Waals surface area (Å²) in [6.45, 7) is 7.75. The molecule has 4 rings (SSSR count). The lowest BCUT2D eigenvalue weighted by Crippen LogP contribution is -2.24. The van der Waals surface area contributed by atoms with Crippen LogP contribution in [-0.4, -0.2) is 36.6 Å². The van der Waals surface area contributed by atoms with Crippen molar-refractivity contribution >= 4 is 50.4 Å². The lowest BCUT2D eigenvalue weighted by atomic mass is 10.0. The SMILES string of the molecule is CCN(CC)CCC[C@@H](Nc1c2ccc(Cl)cc2nc2ccc(OC)cc12)c1cccs1. The number of anilines is 1. The molecule has 0 aliphatic carbocycles. The summed E-state index contributed by atoms with van der Waals surface area (Å²) in [6.07, 6.45) is 2.19. The van der Waals surface area contributed by atoms with Gasteiger partial charge in [0.1, 0.15) is 5.75 Å². The maximum atomic E-state index is 6.30. The number of halogens is 1. The minimum Gasteiger partial charge on any atom is -0.497 e. The van der Waals surface area contributed by atoms with E-state index in [9.17, 15) is 0 Å². The Morgan fingerprint density at radius 2 is 1.91 bits per heavy atom. The molecule has 0 radical (unpaired) electrons. The number of thiophene rings is 1. The molecule has 2 aromatic carbocycles. The minimum absolute atomic E-state index is 0.223. The van der Waals surface area contributed by atoms with Crippen LogP contribution in [0.2, 0.25) is 5.02 Å². The predicted molar refractivity (Wildman–Crippen MR) is 139 cm³/mol. The largest absolute Gasteiger partial charge is 0.497 e. The molecule has 32 heavy (non-hydrogen) atoms. The zero-order valence-electron chi connectivity index (χ0n) is 18.9. The van der Waals surface area contributed by atoms with Crippen LogP contribution in [0.5, 0.6) is 5.75 Å². The first-order valence-corrected chi connectivity index (χ1v) is 12.5. The number of ether oxygens (including phenoxy) is 1. The van der Waals surface area contributed by atoms with E-state index in [-0.39, 0.29) is 6.04 Å². The molecule has 0 aliphatic rings. The van der Waals surface area contributed by atoms with E-state index in [2.05, 4.69) is 53.7 Å². The summed E-state index contributed by atoms with van der Waals surface area (Å²) < 4.78 is 5.52. The molecule has 4 nitrogen and oxygen atoms in total. The van der Waals surface area contributed by atoms with Gasteiger partial charge < -0.3 is 15.0 Å². The van der Waals surface area contributed by atoms with Crippen LogP contribution in [0.15, 0.2) is 53.9 Å². The smallest absolute Gasteiger partial charge is 0.119 e. The highest BCUT2D eigenvalue weighted by molar-refractivity contribution is 7.10. The molecule has 2 heterocycles. The number of benzene rings is 2. The Balaban J connectivity index is 1.75. The van der Waals surface area contributed by atoms with Crippen LogP contribution in [0, 0.1) is 0 Å². The third-order valence-electron chi connectivity index (χ3n) is 6.01. The van der Waals surface area contributed by atoms with Crippen molar-refractivity contribution in [2.45, 2.75) is 32.7 Å². The van der Waals surface area contributed by atoms with Crippen LogP contribution >= 0.6 is 22.9 Å². The highest BCUT2D eigenvalue weighted by Crippen LogP contribution is 2.37. The summed E-state index contributed by atoms with van der Waals surface area (Å²) in [7, 11) is 1.70. The molecule has 4 aromatic rings. The zero-order chi connectivity index (χ0) is 22.5. The van der Waals surface area contributed by atoms with E-state index < -0.39 is 0 Å². The molecule has 0 saturated carbocycles. The quantitative estimate of drug-likeness (QED) is 0.247. The van der Waals surface area contributed by atoms with Crippen molar-refractivity contribution in [1.82, 2.24) is 9.88 Å². The molecule has 0 unspecified atom stereocenters. The Labute approximate surface area is 199 Å². The van der Waals surface area contributed by atoms with Gasteiger partial charge in [-0.05, 0) is 80.3 Å². The number of fused-ring (bicyclic) bond motifs is 2. The molecule has 1 N–H and O–H groups in total. The van der Waals surface area contributed by atoms with Gasteiger partial charge in [-0.3, -0.25) is 0 Å². The molecule has 0 saturated heterocycles. The highest BCUT2D eigenvalue weighted by Gasteiger charge is 2.18. The number of hydrogen-bond acceptors (Lipinski definition) is 5. The molecule has 0 bridgehead atoms. The van der Waals surface area contributed by atoms with E-state index in [1.54, 1.807) is 18.4 Å². The zero-order valence-corrected chi connectivity index (χ0v) is 20.5. The number of rotatable bonds is 10. The van der Waals surface area contributed by atoms with Gasteiger partial charge in [0.15, 0.2) is 0 Å². The average molecular weight is 468 g/mol. The van der Waals surface area contributed by atoms with E-state index in [0.717, 1.165) is 65.7 Å². The van der Waals surface area contributed by atoms with Gasteiger partial charge >= 0.3 is 0 Å². The number of methoxy groups -OCH3 is 1. The standard InChI is InChI=1S/C26H30ClN3OS/c1-4-30(5-2)14-6-8-23(25-9-7-15-32-25)29-26-20-12-10-18(27)16-24(20)28-22-13-11-19(31-3)17-21(22)26/h7,9-13,15-17,23H,4-6,8,14H2,1-3H3,(H,28,29)/t23-/m1/s1. The van der Waals surface area contributed by atoms with E-state index in [4.69, 9.17) is 21.3 Å². The third kappa shape index (κ3) is 5.01. The van der Waals surface area contributed by atoms with Gasteiger partial charge in [-0.15, -0.1) is 11.3 Å². The second kappa shape index (κ2) is 10.5. The van der Waals surface area contributed by atoms with Gasteiger partial charge in [0.25, 0.3) is 0 Å². The van der Waals surface area contributed by atoms with Crippen molar-refractivity contribution in [1.29, 1.82) is 0 Å². The number of hydrogen-bond donors (Lipinski definition) is 1. The summed E-state index contributed by atoms with van der Waals surface area (Å²) in [5.74, 6) is 0.824. The average Bonchev–Trinajstić information content (AvgIpc) is 3.35. The van der Waals surface area contributed by atoms with Crippen LogP contribution in [0.25, 0.3) is 21.8 Å². The number of nitrogens with one attached hydrogen (secondary N) is 1. The van der Waals surface area contributed by atoms with Crippen molar-refractivity contribution in [3.8, 4) is 5.75 Å². The molecule has 0 aliphatic heterocycles. The number of pyridine rings is 1. The van der Waals surface area contributed by atoms with Gasteiger partial charge in [0, 0.05) is 20.7 Å². The lowest BCUT2D eigenvalue weighted by molar-refractivity contribution is 0.294. The Morgan fingerprint density at radius 1 is 1.06 bits per heavy atom. The predicted octanol–water partition coefficient (Wildman–Crippen LogP) is 7.39. The van der Waals surface area contributed by atoms with Crippen LogP contribution in [0.4, 0.5) is 5.69 Å². The molecule has 0 amide bonds. The van der Waals surface area contributed by atoms with E-state index in [0.29, 0.717) is 5.02 Å². The number of nitrogens with zero attached hydrogens (tertiary/aromatic N) is 2. The van der Waals surface area contributed by atoms with E-state index in [1.165, 1.54) is 4.88 Å². The van der Waals surface area contributed by atoms with E-state index in [1.807, 2.05) is 24.3 Å². The summed E-state index contributed by atoms with van der Waals surface area (Å²) in [6, 6.07) is 16.5. The van der Waals surface area contributed by atoms with Gasteiger partial charge in [-0.25, -0.2) is 4.98 Å². The first-order chi connectivity index (χ1) is 15.6.